The van der Waals surface area contributed by atoms with Crippen LogP contribution in [-0.4, -0.2) is 44.2 Å². The second kappa shape index (κ2) is 4.14. The first-order valence-corrected chi connectivity index (χ1v) is 4.61. The average molecular weight is 196 g/mol. The third-order valence-corrected chi connectivity index (χ3v) is 2.10. The van der Waals surface area contributed by atoms with Gasteiger partial charge in [0.25, 0.3) is 5.91 Å². The van der Waals surface area contributed by atoms with E-state index in [1.165, 1.54) is 11.0 Å². The predicted molar refractivity (Wildman–Crippen MR) is 46.8 cm³/mol. The van der Waals surface area contributed by atoms with Gasteiger partial charge in [-0.1, -0.05) is 0 Å². The van der Waals surface area contributed by atoms with E-state index in [0.717, 1.165) is 25.9 Å². The lowest BCUT2D eigenvalue weighted by molar-refractivity contribution is -0.136. The van der Waals surface area contributed by atoms with Gasteiger partial charge < -0.3 is 0 Å². The average Bonchev–Trinajstić information content (AvgIpc) is 2.72. The molecule has 0 aliphatic carbocycles. The van der Waals surface area contributed by atoms with E-state index in [4.69, 9.17) is 0 Å². The topological polar surface area (TPSA) is 75.9 Å². The molecule has 0 atom stereocenters. The van der Waals surface area contributed by atoms with Crippen LogP contribution in [0.5, 0.6) is 0 Å². The van der Waals surface area contributed by atoms with Crippen LogP contribution in [0, 0.1) is 0 Å². The molecule has 76 valence electrons. The van der Waals surface area contributed by atoms with Gasteiger partial charge in [-0.2, -0.15) is 0 Å². The largest absolute Gasteiger partial charge is 0.276 e. The molecule has 7 nitrogen and oxygen atoms in total. The van der Waals surface area contributed by atoms with E-state index < -0.39 is 0 Å². The van der Waals surface area contributed by atoms with Gasteiger partial charge in [-0.25, -0.2) is 10.1 Å². The molecule has 1 aliphatic rings. The highest BCUT2D eigenvalue weighted by Crippen LogP contribution is 2.00. The molecule has 1 aliphatic heterocycles. The number of hydrogen-bond acceptors (Lipinski definition) is 5. The van der Waals surface area contributed by atoms with Crippen LogP contribution < -0.4 is 5.43 Å². The molecule has 0 aromatic carbocycles. The normalized spacial score (nSPS) is 17.0. The predicted octanol–water partition coefficient (Wildman–Crippen LogP) is -1.20. The Hall–Kier alpha value is -1.50. The van der Waals surface area contributed by atoms with Crippen molar-refractivity contribution >= 4 is 5.91 Å². The first kappa shape index (κ1) is 9.07. The molecule has 0 spiro atoms. The molecule has 1 amide bonds. The van der Waals surface area contributed by atoms with Crippen molar-refractivity contribution in [3.63, 3.8) is 0 Å². The summed E-state index contributed by atoms with van der Waals surface area (Å²) >= 11 is 0. The van der Waals surface area contributed by atoms with Crippen molar-refractivity contribution in [2.75, 3.05) is 13.1 Å². The summed E-state index contributed by atoms with van der Waals surface area (Å²) in [6.45, 7) is 1.82. The fourth-order valence-corrected chi connectivity index (χ4v) is 1.38. The maximum atomic E-state index is 11.6. The highest BCUT2D eigenvalue weighted by molar-refractivity contribution is 5.75. The van der Waals surface area contributed by atoms with Gasteiger partial charge in [0.2, 0.25) is 0 Å². The number of aromatic nitrogens is 4. The quantitative estimate of drug-likeness (QED) is 0.643. The third-order valence-electron chi connectivity index (χ3n) is 2.10. The van der Waals surface area contributed by atoms with Crippen LogP contribution in [0.25, 0.3) is 0 Å². The minimum atomic E-state index is -0.00278. The van der Waals surface area contributed by atoms with Crippen molar-refractivity contribution in [1.82, 2.24) is 30.6 Å². The van der Waals surface area contributed by atoms with Gasteiger partial charge >= 0.3 is 0 Å². The van der Waals surface area contributed by atoms with E-state index >= 15 is 0 Å². The van der Waals surface area contributed by atoms with Crippen LogP contribution in [0.2, 0.25) is 0 Å². The van der Waals surface area contributed by atoms with E-state index in [2.05, 4.69) is 21.0 Å². The number of nitrogens with zero attached hydrogens (tertiary/aromatic N) is 5. The van der Waals surface area contributed by atoms with Crippen molar-refractivity contribution in [3.8, 4) is 0 Å². The fraction of sp³-hybridized carbons (Fsp3) is 0.714. The van der Waals surface area contributed by atoms with Crippen LogP contribution in [-0.2, 0) is 11.3 Å². The first-order chi connectivity index (χ1) is 6.86. The van der Waals surface area contributed by atoms with Gasteiger partial charge in [0.15, 0.2) is 0 Å². The smallest absolute Gasteiger partial charge is 0.258 e. The van der Waals surface area contributed by atoms with Crippen LogP contribution in [0.1, 0.15) is 12.8 Å². The second-order valence-corrected chi connectivity index (χ2v) is 3.17. The maximum Gasteiger partial charge on any atom is 0.258 e. The molecule has 1 aromatic heterocycles. The van der Waals surface area contributed by atoms with Gasteiger partial charge in [0, 0.05) is 13.1 Å². The minimum absolute atomic E-state index is 0.00278. The van der Waals surface area contributed by atoms with Crippen LogP contribution in [0.3, 0.4) is 0 Å². The zero-order valence-electron chi connectivity index (χ0n) is 7.76. The molecule has 0 unspecified atom stereocenters. The summed E-state index contributed by atoms with van der Waals surface area (Å²) in [5.41, 5.74) is 3.03. The molecule has 1 fully saturated rings. The van der Waals surface area contributed by atoms with Crippen molar-refractivity contribution in [2.24, 2.45) is 0 Å². The zero-order valence-corrected chi connectivity index (χ0v) is 7.76. The van der Waals surface area contributed by atoms with Crippen LogP contribution >= 0.6 is 0 Å². The monoisotopic (exact) mass is 196 g/mol. The van der Waals surface area contributed by atoms with Crippen LogP contribution in [0.15, 0.2) is 6.33 Å². The Balaban J connectivity index is 1.88. The lowest BCUT2D eigenvalue weighted by atomic mass is 10.2. The molecular weight excluding hydrogens is 184 g/mol. The van der Waals surface area contributed by atoms with Gasteiger partial charge in [-0.3, -0.25) is 9.80 Å². The van der Waals surface area contributed by atoms with E-state index in [9.17, 15) is 4.79 Å². The molecule has 1 N–H and O–H groups in total. The van der Waals surface area contributed by atoms with Gasteiger partial charge in [0.1, 0.15) is 12.9 Å². The first-order valence-electron chi connectivity index (χ1n) is 4.61. The number of hydrazine groups is 1. The number of rotatable bonds is 2. The number of carbonyl (C=O) groups excluding carboxylic acids is 1. The standard InChI is InChI=1S/C7H12N6O/c14-7(5-12-6-8-10-11-12)13-4-2-1-3-9-13/h6,9H,1-5H2. The summed E-state index contributed by atoms with van der Waals surface area (Å²) < 4.78 is 1.42. The molecule has 0 saturated carbocycles. The Morgan fingerprint density at radius 3 is 3.07 bits per heavy atom. The Labute approximate surface area is 81.0 Å². The zero-order chi connectivity index (χ0) is 9.80. The summed E-state index contributed by atoms with van der Waals surface area (Å²) in [7, 11) is 0. The summed E-state index contributed by atoms with van der Waals surface area (Å²) in [6.07, 6.45) is 3.60. The van der Waals surface area contributed by atoms with Crippen molar-refractivity contribution in [2.45, 2.75) is 19.4 Å². The Morgan fingerprint density at radius 1 is 1.50 bits per heavy atom. The van der Waals surface area contributed by atoms with E-state index in [-0.39, 0.29) is 12.5 Å². The van der Waals surface area contributed by atoms with Gasteiger partial charge in [-0.05, 0) is 23.3 Å². The number of hydrogen-bond donors (Lipinski definition) is 1. The van der Waals surface area contributed by atoms with Crippen LogP contribution in [0.4, 0.5) is 0 Å². The van der Waals surface area contributed by atoms with Crippen molar-refractivity contribution in [3.05, 3.63) is 6.33 Å². The maximum absolute atomic E-state index is 11.6. The van der Waals surface area contributed by atoms with Crippen molar-refractivity contribution < 1.29 is 4.79 Å². The lowest BCUT2D eigenvalue weighted by Gasteiger charge is -2.27. The Bertz CT molecular complexity index is 291. The molecule has 0 radical (unpaired) electrons. The van der Waals surface area contributed by atoms with Gasteiger partial charge in [0.05, 0.1) is 0 Å². The van der Waals surface area contributed by atoms with E-state index in [1.807, 2.05) is 0 Å². The highest BCUT2D eigenvalue weighted by atomic mass is 16.2. The molecule has 1 saturated heterocycles. The van der Waals surface area contributed by atoms with E-state index in [0.29, 0.717) is 0 Å². The minimum Gasteiger partial charge on any atom is -0.276 e. The number of tetrazole rings is 1. The van der Waals surface area contributed by atoms with Gasteiger partial charge in [-0.15, -0.1) is 5.10 Å². The summed E-state index contributed by atoms with van der Waals surface area (Å²) in [6, 6.07) is 0. The summed E-state index contributed by atoms with van der Waals surface area (Å²) in [4.78, 5) is 11.6. The fourth-order valence-electron chi connectivity index (χ4n) is 1.38. The summed E-state index contributed by atoms with van der Waals surface area (Å²) in [5.74, 6) is -0.00278. The molecule has 1 aromatic rings. The number of amides is 1. The SMILES string of the molecule is O=C(Cn1cnnn1)N1CCCCN1. The van der Waals surface area contributed by atoms with E-state index in [1.54, 1.807) is 5.01 Å². The third kappa shape index (κ3) is 2.05. The second-order valence-electron chi connectivity index (χ2n) is 3.17. The molecule has 14 heavy (non-hydrogen) atoms. The molecular formula is C7H12N6O. The Kier molecular flexibility index (Phi) is 2.68. The molecule has 0 bridgehead atoms. The molecule has 2 heterocycles. The highest BCUT2D eigenvalue weighted by Gasteiger charge is 2.16. The number of carbonyl (C=O) groups is 1. The Morgan fingerprint density at radius 2 is 2.43 bits per heavy atom. The molecule has 7 heteroatoms. The molecule has 2 rings (SSSR count). The number of nitrogens with one attached hydrogen (secondary N) is 1. The summed E-state index contributed by atoms with van der Waals surface area (Å²) in [5, 5.41) is 12.2. The van der Waals surface area contributed by atoms with Crippen molar-refractivity contribution in [1.29, 1.82) is 0 Å². The lowest BCUT2D eigenvalue weighted by Crippen LogP contribution is -2.48.